The highest BCUT2D eigenvalue weighted by Crippen LogP contribution is 2.10. The molecule has 0 aliphatic rings. The van der Waals surface area contributed by atoms with Crippen LogP contribution in [0.1, 0.15) is 5.56 Å². The summed E-state index contributed by atoms with van der Waals surface area (Å²) in [7, 11) is 4.50. The minimum absolute atomic E-state index is 1.05. The largest absolute Gasteiger partial charge is 0.317 e. The van der Waals surface area contributed by atoms with Gasteiger partial charge in [-0.1, -0.05) is 30.3 Å². The van der Waals surface area contributed by atoms with Crippen LogP contribution in [-0.4, -0.2) is 23.1 Å². The van der Waals surface area contributed by atoms with E-state index in [0.717, 1.165) is 15.6 Å². The van der Waals surface area contributed by atoms with Gasteiger partial charge in [0.2, 0.25) is 0 Å². The lowest BCUT2D eigenvalue weighted by Crippen LogP contribution is -2.36. The van der Waals surface area contributed by atoms with E-state index in [0.29, 0.717) is 0 Å². The van der Waals surface area contributed by atoms with Crippen LogP contribution in [0.5, 0.6) is 0 Å². The van der Waals surface area contributed by atoms with E-state index >= 15 is 0 Å². The summed E-state index contributed by atoms with van der Waals surface area (Å²) in [4.78, 5) is 0. The maximum atomic E-state index is 2.43. The summed E-state index contributed by atoms with van der Waals surface area (Å²) >= 11 is 2.43. The van der Waals surface area contributed by atoms with Gasteiger partial charge in [0.1, 0.15) is 11.1 Å². The van der Waals surface area contributed by atoms with Crippen molar-refractivity contribution < 1.29 is 4.48 Å². The minimum Gasteiger partial charge on any atom is -0.317 e. The molecule has 0 aliphatic carbocycles. The Kier molecular flexibility index (Phi) is 3.53. The Labute approximate surface area is 88.1 Å². The second kappa shape index (κ2) is 4.23. The van der Waals surface area contributed by atoms with Crippen LogP contribution in [0.4, 0.5) is 0 Å². The third-order valence-electron chi connectivity index (χ3n) is 1.78. The van der Waals surface area contributed by atoms with Crippen molar-refractivity contribution in [2.24, 2.45) is 0 Å². The number of halogens is 1. The van der Waals surface area contributed by atoms with Crippen LogP contribution in [-0.2, 0) is 6.54 Å². The lowest BCUT2D eigenvalue weighted by molar-refractivity contribution is -0.887. The van der Waals surface area contributed by atoms with Gasteiger partial charge in [0.15, 0.2) is 0 Å². The molecule has 0 aromatic heterocycles. The first-order valence-electron chi connectivity index (χ1n) is 4.06. The first-order chi connectivity index (χ1) is 5.64. The number of quaternary nitrogens is 1. The first kappa shape index (κ1) is 9.99. The van der Waals surface area contributed by atoms with E-state index in [9.17, 15) is 0 Å². The third kappa shape index (κ3) is 3.11. The van der Waals surface area contributed by atoms with E-state index in [1.165, 1.54) is 5.56 Å². The van der Waals surface area contributed by atoms with Gasteiger partial charge in [0, 0.05) is 5.56 Å². The molecule has 1 aromatic rings. The SMILES string of the molecule is C[N+](C)(CI)Cc1ccccc1. The molecule has 0 unspecified atom stereocenters. The topological polar surface area (TPSA) is 0 Å². The van der Waals surface area contributed by atoms with E-state index < -0.39 is 0 Å². The number of nitrogens with zero attached hydrogens (tertiary/aromatic N) is 1. The van der Waals surface area contributed by atoms with Gasteiger partial charge in [0.05, 0.1) is 14.1 Å². The average molecular weight is 276 g/mol. The Bertz CT molecular complexity index is 231. The van der Waals surface area contributed by atoms with Crippen molar-refractivity contribution in [2.45, 2.75) is 6.54 Å². The van der Waals surface area contributed by atoms with Gasteiger partial charge in [-0.05, 0) is 22.6 Å². The number of alkyl halides is 1. The zero-order chi connectivity index (χ0) is 9.03. The Morgan fingerprint density at radius 2 is 1.75 bits per heavy atom. The van der Waals surface area contributed by atoms with Crippen LogP contribution in [0.3, 0.4) is 0 Å². The molecule has 0 fully saturated rings. The smallest absolute Gasteiger partial charge is 0.129 e. The lowest BCUT2D eigenvalue weighted by Gasteiger charge is -2.27. The van der Waals surface area contributed by atoms with Crippen LogP contribution in [0.15, 0.2) is 30.3 Å². The molecule has 0 bridgehead atoms. The first-order valence-corrected chi connectivity index (χ1v) is 5.58. The maximum absolute atomic E-state index is 2.43. The molecule has 0 saturated carbocycles. The van der Waals surface area contributed by atoms with Crippen molar-refractivity contribution in [3.8, 4) is 0 Å². The molecule has 0 atom stereocenters. The summed E-state index contributed by atoms with van der Waals surface area (Å²) in [5, 5.41) is 0. The summed E-state index contributed by atoms with van der Waals surface area (Å²) in [6, 6.07) is 10.6. The molecule has 0 amide bonds. The molecule has 0 saturated heterocycles. The molecule has 66 valence electrons. The molecule has 1 rings (SSSR count). The Hall–Kier alpha value is -0.0900. The Morgan fingerprint density at radius 3 is 2.25 bits per heavy atom. The third-order valence-corrected chi connectivity index (χ3v) is 3.62. The molecule has 0 aliphatic heterocycles. The van der Waals surface area contributed by atoms with E-state index in [4.69, 9.17) is 0 Å². The second-order valence-electron chi connectivity index (χ2n) is 3.70. The minimum atomic E-state index is 1.05. The molecule has 0 radical (unpaired) electrons. The molecular weight excluding hydrogens is 261 g/mol. The summed E-state index contributed by atoms with van der Waals surface area (Å²) in [6.45, 7) is 1.11. The quantitative estimate of drug-likeness (QED) is 0.344. The van der Waals surface area contributed by atoms with Crippen molar-refractivity contribution in [3.63, 3.8) is 0 Å². The summed E-state index contributed by atoms with van der Waals surface area (Å²) < 4.78 is 2.19. The van der Waals surface area contributed by atoms with Crippen molar-refractivity contribution in [2.75, 3.05) is 18.6 Å². The molecule has 1 aromatic carbocycles. The maximum Gasteiger partial charge on any atom is 0.129 e. The van der Waals surface area contributed by atoms with E-state index in [2.05, 4.69) is 67.0 Å². The van der Waals surface area contributed by atoms with Gasteiger partial charge in [-0.15, -0.1) is 0 Å². The monoisotopic (exact) mass is 276 g/mol. The average Bonchev–Trinajstić information content (AvgIpc) is 2.06. The number of rotatable bonds is 3. The van der Waals surface area contributed by atoms with E-state index in [1.807, 2.05) is 0 Å². The van der Waals surface area contributed by atoms with Gasteiger partial charge in [-0.2, -0.15) is 0 Å². The molecule has 1 nitrogen and oxygen atoms in total. The zero-order valence-electron chi connectivity index (χ0n) is 7.63. The standard InChI is InChI=1S/C10H15IN/c1-12(2,9-11)8-10-6-4-3-5-7-10/h3-7H,8-9H2,1-2H3/q+1. The van der Waals surface area contributed by atoms with Gasteiger partial charge in [0.25, 0.3) is 0 Å². The predicted octanol–water partition coefficient (Wildman–Crippen LogP) is 2.66. The molecular formula is C10H15IN+. The van der Waals surface area contributed by atoms with E-state index in [1.54, 1.807) is 0 Å². The molecule has 2 heteroatoms. The second-order valence-corrected chi connectivity index (χ2v) is 4.38. The fourth-order valence-electron chi connectivity index (χ4n) is 1.12. The Morgan fingerprint density at radius 1 is 1.17 bits per heavy atom. The molecule has 0 heterocycles. The fraction of sp³-hybridized carbons (Fsp3) is 0.400. The highest BCUT2D eigenvalue weighted by molar-refractivity contribution is 14.1. The zero-order valence-corrected chi connectivity index (χ0v) is 9.78. The van der Waals surface area contributed by atoms with Crippen LogP contribution in [0.2, 0.25) is 0 Å². The number of hydrogen-bond donors (Lipinski definition) is 0. The highest BCUT2D eigenvalue weighted by atomic mass is 127. The van der Waals surface area contributed by atoms with Gasteiger partial charge in [-0.25, -0.2) is 0 Å². The lowest BCUT2D eigenvalue weighted by atomic mass is 10.2. The predicted molar refractivity (Wildman–Crippen MR) is 61.1 cm³/mol. The van der Waals surface area contributed by atoms with Gasteiger partial charge >= 0.3 is 0 Å². The normalized spacial score (nSPS) is 11.6. The number of hydrogen-bond acceptors (Lipinski definition) is 0. The van der Waals surface area contributed by atoms with Gasteiger partial charge < -0.3 is 4.48 Å². The molecule has 0 N–H and O–H groups in total. The molecule has 12 heavy (non-hydrogen) atoms. The van der Waals surface area contributed by atoms with Gasteiger partial charge in [-0.3, -0.25) is 0 Å². The van der Waals surface area contributed by atoms with Crippen LogP contribution in [0, 0.1) is 0 Å². The summed E-state index contributed by atoms with van der Waals surface area (Å²) in [6.07, 6.45) is 0. The van der Waals surface area contributed by atoms with Crippen molar-refractivity contribution in [1.29, 1.82) is 0 Å². The fourth-order valence-corrected chi connectivity index (χ4v) is 1.36. The summed E-state index contributed by atoms with van der Waals surface area (Å²) in [5.74, 6) is 0. The Balaban J connectivity index is 2.64. The van der Waals surface area contributed by atoms with Crippen molar-refractivity contribution in [1.82, 2.24) is 0 Å². The number of benzene rings is 1. The van der Waals surface area contributed by atoms with Crippen LogP contribution >= 0.6 is 22.6 Å². The molecule has 0 spiro atoms. The highest BCUT2D eigenvalue weighted by Gasteiger charge is 2.12. The summed E-state index contributed by atoms with van der Waals surface area (Å²) in [5.41, 5.74) is 1.42. The van der Waals surface area contributed by atoms with Crippen LogP contribution in [0.25, 0.3) is 0 Å². The van der Waals surface area contributed by atoms with Crippen molar-refractivity contribution >= 4 is 22.6 Å². The van der Waals surface area contributed by atoms with E-state index in [-0.39, 0.29) is 0 Å². The van der Waals surface area contributed by atoms with Crippen LogP contribution < -0.4 is 0 Å². The van der Waals surface area contributed by atoms with Crippen molar-refractivity contribution in [3.05, 3.63) is 35.9 Å².